The van der Waals surface area contributed by atoms with E-state index in [9.17, 15) is 41.4 Å². The Morgan fingerprint density at radius 2 is 1.76 bits per heavy atom. The molecule has 0 radical (unpaired) electrons. The van der Waals surface area contributed by atoms with Crippen LogP contribution in [0.2, 0.25) is 0 Å². The third-order valence-electron chi connectivity index (χ3n) is 7.35. The molecule has 1 aliphatic carbocycles. The van der Waals surface area contributed by atoms with Crippen LogP contribution in [0, 0.1) is 11.6 Å². The number of aliphatic hydroxyl groups is 1. The Labute approximate surface area is 230 Å². The molecule has 41 heavy (non-hydrogen) atoms. The van der Waals surface area contributed by atoms with Crippen molar-refractivity contribution in [1.29, 1.82) is 0 Å². The van der Waals surface area contributed by atoms with Gasteiger partial charge in [-0.3, -0.25) is 14.4 Å². The van der Waals surface area contributed by atoms with E-state index in [1.54, 1.807) is 30.5 Å². The number of hydrogen-bond acceptors (Lipinski definition) is 5. The highest BCUT2D eigenvalue weighted by Gasteiger charge is 2.57. The summed E-state index contributed by atoms with van der Waals surface area (Å²) in [4.78, 5) is 43.1. The van der Waals surface area contributed by atoms with Crippen LogP contribution in [0.3, 0.4) is 0 Å². The van der Waals surface area contributed by atoms with Crippen molar-refractivity contribution >= 4 is 29.2 Å². The summed E-state index contributed by atoms with van der Waals surface area (Å²) >= 11 is 0. The molecular formula is C28H23F5N4O4. The zero-order valence-electron chi connectivity index (χ0n) is 21.5. The summed E-state index contributed by atoms with van der Waals surface area (Å²) in [6.45, 7) is -1.52. The first-order chi connectivity index (χ1) is 19.2. The number of nitrogens with zero attached hydrogens (tertiary/aromatic N) is 2. The summed E-state index contributed by atoms with van der Waals surface area (Å²) < 4.78 is 67.6. The number of carbonyl (C=O) groups is 3. The normalized spacial score (nSPS) is 18.9. The van der Waals surface area contributed by atoms with E-state index >= 15 is 0 Å². The van der Waals surface area contributed by atoms with Gasteiger partial charge >= 0.3 is 6.18 Å². The van der Waals surface area contributed by atoms with E-state index in [0.717, 1.165) is 28.8 Å². The molecule has 2 heterocycles. The fraction of sp³-hybridized carbons (Fsp3) is 0.286. The van der Waals surface area contributed by atoms with Gasteiger partial charge in [0.05, 0.1) is 5.41 Å². The van der Waals surface area contributed by atoms with Gasteiger partial charge in [-0.2, -0.15) is 13.2 Å². The van der Waals surface area contributed by atoms with Crippen LogP contribution in [0.4, 0.5) is 33.5 Å². The van der Waals surface area contributed by atoms with Crippen LogP contribution in [0.15, 0.2) is 54.7 Å². The Morgan fingerprint density at radius 3 is 2.44 bits per heavy atom. The molecule has 2 aliphatic rings. The van der Waals surface area contributed by atoms with Crippen molar-refractivity contribution in [3.63, 3.8) is 0 Å². The Bertz CT molecular complexity index is 1560. The smallest absolute Gasteiger partial charge is 0.373 e. The molecule has 0 saturated heterocycles. The van der Waals surface area contributed by atoms with Gasteiger partial charge in [-0.15, -0.1) is 0 Å². The Balaban J connectivity index is 1.35. The molecule has 1 aromatic heterocycles. The first kappa shape index (κ1) is 28.1. The number of halogens is 5. The van der Waals surface area contributed by atoms with Crippen molar-refractivity contribution in [3.8, 4) is 0 Å². The lowest BCUT2D eigenvalue weighted by molar-refractivity contribution is -0.250. The summed E-state index contributed by atoms with van der Waals surface area (Å²) in [5.74, 6) is -4.59. The highest BCUT2D eigenvalue weighted by atomic mass is 19.4. The molecular weight excluding hydrogens is 551 g/mol. The number of anilines is 2. The first-order valence-corrected chi connectivity index (χ1v) is 12.4. The molecule has 1 spiro atoms. The number of aromatic nitrogens is 1. The van der Waals surface area contributed by atoms with Crippen LogP contribution in [0.1, 0.15) is 29.2 Å². The SMILES string of the molecule is C[C@@](O)(C(=O)N(CC(=O)Nc1ccc2c(c1)C[C@@]1(C2)C(=O)Nc2ncccc21)Cc1cc(F)cc(F)c1)C(F)(F)F. The molecule has 8 nitrogen and oxygen atoms in total. The van der Waals surface area contributed by atoms with Gasteiger partial charge < -0.3 is 20.6 Å². The van der Waals surface area contributed by atoms with E-state index in [0.29, 0.717) is 29.6 Å². The maximum Gasteiger partial charge on any atom is 0.426 e. The fourth-order valence-electron chi connectivity index (χ4n) is 5.27. The molecule has 2 atom stereocenters. The van der Waals surface area contributed by atoms with Crippen molar-refractivity contribution in [2.75, 3.05) is 17.2 Å². The van der Waals surface area contributed by atoms with Gasteiger partial charge in [-0.1, -0.05) is 12.1 Å². The van der Waals surface area contributed by atoms with E-state index in [-0.39, 0.29) is 24.1 Å². The molecule has 0 bridgehead atoms. The maximum absolute atomic E-state index is 13.7. The van der Waals surface area contributed by atoms with Gasteiger partial charge in [0, 0.05) is 30.1 Å². The largest absolute Gasteiger partial charge is 0.426 e. The standard InChI is InChI=1S/C28H23F5N4O4/c1-26(41,28(31,32)33)25(40)37(13-15-7-18(29)10-19(30)8-15)14-22(38)35-20-5-4-16-11-27(12-17(16)9-20)21-3-2-6-34-23(21)36-24(27)39/h2-10,41H,11-14H2,1H3,(H,35,38)(H,34,36,39)/t26-,27-/m1/s1. The van der Waals surface area contributed by atoms with Crippen molar-refractivity contribution in [2.24, 2.45) is 0 Å². The molecule has 3 amide bonds. The number of rotatable bonds is 6. The Hall–Kier alpha value is -4.39. The summed E-state index contributed by atoms with van der Waals surface area (Å²) in [5.41, 5.74) is -2.32. The third kappa shape index (κ3) is 5.12. The molecule has 0 unspecified atom stereocenters. The zero-order valence-corrected chi connectivity index (χ0v) is 21.5. The van der Waals surface area contributed by atoms with Crippen LogP contribution in [0.5, 0.6) is 0 Å². The second-order valence-electron chi connectivity index (χ2n) is 10.3. The predicted molar refractivity (Wildman–Crippen MR) is 135 cm³/mol. The quantitative estimate of drug-likeness (QED) is 0.390. The minimum absolute atomic E-state index is 0.201. The lowest BCUT2D eigenvalue weighted by atomic mass is 9.79. The van der Waals surface area contributed by atoms with E-state index in [2.05, 4.69) is 15.6 Å². The lowest BCUT2D eigenvalue weighted by Gasteiger charge is -2.32. The highest BCUT2D eigenvalue weighted by molar-refractivity contribution is 6.06. The number of carbonyl (C=O) groups excluding carboxylic acids is 3. The number of benzene rings is 2. The van der Waals surface area contributed by atoms with Gasteiger partial charge in [0.15, 0.2) is 0 Å². The number of amides is 3. The second kappa shape index (κ2) is 9.91. The van der Waals surface area contributed by atoms with Crippen LogP contribution in [0.25, 0.3) is 0 Å². The molecule has 5 rings (SSSR count). The second-order valence-corrected chi connectivity index (χ2v) is 10.3. The minimum atomic E-state index is -5.39. The van der Waals surface area contributed by atoms with Crippen LogP contribution in [-0.2, 0) is 39.2 Å². The molecule has 1 aliphatic heterocycles. The van der Waals surface area contributed by atoms with Gasteiger partial charge in [0.2, 0.25) is 17.4 Å². The number of pyridine rings is 1. The zero-order chi connectivity index (χ0) is 29.7. The van der Waals surface area contributed by atoms with E-state index < -0.39 is 53.7 Å². The highest BCUT2D eigenvalue weighted by Crippen LogP contribution is 2.47. The Morgan fingerprint density at radius 1 is 1.07 bits per heavy atom. The third-order valence-corrected chi connectivity index (χ3v) is 7.35. The number of fused-ring (bicyclic) bond motifs is 3. The molecule has 0 saturated carbocycles. The summed E-state index contributed by atoms with van der Waals surface area (Å²) in [5, 5.41) is 15.2. The van der Waals surface area contributed by atoms with E-state index in [4.69, 9.17) is 0 Å². The van der Waals surface area contributed by atoms with Crippen LogP contribution < -0.4 is 10.6 Å². The molecule has 3 N–H and O–H groups in total. The van der Waals surface area contributed by atoms with E-state index in [1.165, 1.54) is 0 Å². The monoisotopic (exact) mass is 574 g/mol. The van der Waals surface area contributed by atoms with Crippen molar-refractivity contribution in [1.82, 2.24) is 9.88 Å². The number of nitrogens with one attached hydrogen (secondary N) is 2. The van der Waals surface area contributed by atoms with E-state index in [1.807, 2.05) is 6.07 Å². The summed E-state index contributed by atoms with van der Waals surface area (Å²) in [6, 6.07) is 10.6. The van der Waals surface area contributed by atoms with Crippen LogP contribution in [-0.4, -0.2) is 51.0 Å². The van der Waals surface area contributed by atoms with Gasteiger partial charge in [0.25, 0.3) is 5.91 Å². The van der Waals surface area contributed by atoms with Gasteiger partial charge in [0.1, 0.15) is 24.0 Å². The summed E-state index contributed by atoms with van der Waals surface area (Å²) in [7, 11) is 0. The average Bonchev–Trinajstić information content (AvgIpc) is 3.39. The predicted octanol–water partition coefficient (Wildman–Crippen LogP) is 3.63. The van der Waals surface area contributed by atoms with Crippen molar-refractivity contribution < 1.29 is 41.4 Å². The fourth-order valence-corrected chi connectivity index (χ4v) is 5.27. The molecule has 0 fully saturated rings. The van der Waals surface area contributed by atoms with Gasteiger partial charge in [-0.25, -0.2) is 13.8 Å². The first-order valence-electron chi connectivity index (χ1n) is 12.4. The lowest BCUT2D eigenvalue weighted by Crippen LogP contribution is -2.57. The van der Waals surface area contributed by atoms with Crippen LogP contribution >= 0.6 is 0 Å². The maximum atomic E-state index is 13.7. The molecule has 13 heteroatoms. The summed E-state index contributed by atoms with van der Waals surface area (Å²) in [6.07, 6.45) is -3.09. The topological polar surface area (TPSA) is 112 Å². The average molecular weight is 575 g/mol. The van der Waals surface area contributed by atoms with Crippen molar-refractivity contribution in [2.45, 2.75) is 43.5 Å². The molecule has 214 valence electrons. The number of alkyl halides is 3. The molecule has 2 aromatic carbocycles. The Kier molecular flexibility index (Phi) is 6.80. The van der Waals surface area contributed by atoms with Gasteiger partial charge in [-0.05, 0) is 66.8 Å². The van der Waals surface area contributed by atoms with Crippen molar-refractivity contribution in [3.05, 3.63) is 88.6 Å². The minimum Gasteiger partial charge on any atom is -0.373 e. The molecule has 3 aromatic rings. The number of hydrogen-bond donors (Lipinski definition) is 3.